The van der Waals surface area contributed by atoms with Crippen LogP contribution in [0.5, 0.6) is 0 Å². The first-order valence-electron chi connectivity index (χ1n) is 5.31. The van der Waals surface area contributed by atoms with Crippen LogP contribution in [0.4, 0.5) is 0 Å². The third-order valence-corrected chi connectivity index (χ3v) is 2.81. The SMILES string of the molecule is CC(O)C(C)(C)CN(C)Cc1ccco1. The molecule has 0 aliphatic carbocycles. The number of hydrogen-bond acceptors (Lipinski definition) is 3. The van der Waals surface area contributed by atoms with Crippen molar-refractivity contribution in [3.63, 3.8) is 0 Å². The van der Waals surface area contributed by atoms with Gasteiger partial charge in [-0.2, -0.15) is 0 Å². The molecule has 1 N–H and O–H groups in total. The maximum absolute atomic E-state index is 9.61. The topological polar surface area (TPSA) is 36.6 Å². The lowest BCUT2D eigenvalue weighted by atomic mass is 9.87. The van der Waals surface area contributed by atoms with Gasteiger partial charge in [0.1, 0.15) is 5.76 Å². The number of rotatable bonds is 5. The van der Waals surface area contributed by atoms with Crippen LogP contribution in [0.1, 0.15) is 26.5 Å². The average molecular weight is 211 g/mol. The van der Waals surface area contributed by atoms with Crippen LogP contribution < -0.4 is 0 Å². The van der Waals surface area contributed by atoms with Crippen LogP contribution in [0, 0.1) is 5.41 Å². The fourth-order valence-electron chi connectivity index (χ4n) is 1.55. The predicted octanol–water partition coefficient (Wildman–Crippen LogP) is 2.12. The Balaban J connectivity index is 2.45. The highest BCUT2D eigenvalue weighted by molar-refractivity contribution is 4.97. The molecule has 1 unspecified atom stereocenters. The van der Waals surface area contributed by atoms with Gasteiger partial charge in [-0.15, -0.1) is 0 Å². The third-order valence-electron chi connectivity index (χ3n) is 2.81. The van der Waals surface area contributed by atoms with Crippen LogP contribution in [-0.4, -0.2) is 29.7 Å². The molecule has 3 heteroatoms. The van der Waals surface area contributed by atoms with Crippen LogP contribution in [-0.2, 0) is 6.54 Å². The second-order valence-electron chi connectivity index (χ2n) is 4.92. The van der Waals surface area contributed by atoms with Gasteiger partial charge in [0.25, 0.3) is 0 Å². The molecule has 1 aromatic rings. The van der Waals surface area contributed by atoms with Crippen molar-refractivity contribution in [1.29, 1.82) is 0 Å². The molecule has 0 aromatic carbocycles. The minimum absolute atomic E-state index is 0.0959. The fourth-order valence-corrected chi connectivity index (χ4v) is 1.55. The molecule has 1 atom stereocenters. The molecular formula is C12H21NO2. The maximum Gasteiger partial charge on any atom is 0.117 e. The minimum Gasteiger partial charge on any atom is -0.468 e. The van der Waals surface area contributed by atoms with E-state index >= 15 is 0 Å². The van der Waals surface area contributed by atoms with Gasteiger partial charge in [0, 0.05) is 12.0 Å². The Morgan fingerprint density at radius 3 is 2.67 bits per heavy atom. The molecule has 86 valence electrons. The molecule has 1 rings (SSSR count). The Morgan fingerprint density at radius 1 is 1.53 bits per heavy atom. The first-order chi connectivity index (χ1) is 6.92. The molecule has 3 nitrogen and oxygen atoms in total. The molecule has 0 spiro atoms. The third kappa shape index (κ3) is 3.68. The van der Waals surface area contributed by atoms with E-state index in [4.69, 9.17) is 4.42 Å². The largest absolute Gasteiger partial charge is 0.468 e. The van der Waals surface area contributed by atoms with E-state index in [1.54, 1.807) is 6.26 Å². The quantitative estimate of drug-likeness (QED) is 0.810. The van der Waals surface area contributed by atoms with Crippen molar-refractivity contribution >= 4 is 0 Å². The standard InChI is InChI=1S/C12H21NO2/c1-10(14)12(2,3)9-13(4)8-11-6-5-7-15-11/h5-7,10,14H,8-9H2,1-4H3. The lowest BCUT2D eigenvalue weighted by Crippen LogP contribution is -2.38. The fraction of sp³-hybridized carbons (Fsp3) is 0.667. The van der Waals surface area contributed by atoms with Crippen molar-refractivity contribution in [2.75, 3.05) is 13.6 Å². The number of aliphatic hydroxyl groups excluding tert-OH is 1. The van der Waals surface area contributed by atoms with E-state index in [1.807, 2.05) is 26.1 Å². The van der Waals surface area contributed by atoms with Crippen LogP contribution in [0.25, 0.3) is 0 Å². The number of hydrogen-bond donors (Lipinski definition) is 1. The van der Waals surface area contributed by atoms with Crippen LogP contribution in [0.3, 0.4) is 0 Å². The molecule has 15 heavy (non-hydrogen) atoms. The van der Waals surface area contributed by atoms with Gasteiger partial charge in [-0.25, -0.2) is 0 Å². The number of aliphatic hydroxyl groups is 1. The summed E-state index contributed by atoms with van der Waals surface area (Å²) in [7, 11) is 2.03. The highest BCUT2D eigenvalue weighted by Gasteiger charge is 2.25. The van der Waals surface area contributed by atoms with Crippen LogP contribution in [0.2, 0.25) is 0 Å². The zero-order chi connectivity index (χ0) is 11.5. The van der Waals surface area contributed by atoms with Crippen molar-refractivity contribution in [1.82, 2.24) is 4.90 Å². The van der Waals surface area contributed by atoms with E-state index in [1.165, 1.54) is 0 Å². The zero-order valence-electron chi connectivity index (χ0n) is 10.0. The van der Waals surface area contributed by atoms with Gasteiger partial charge in [-0.1, -0.05) is 13.8 Å². The van der Waals surface area contributed by atoms with Crippen molar-refractivity contribution in [2.24, 2.45) is 5.41 Å². The van der Waals surface area contributed by atoms with Crippen LogP contribution in [0.15, 0.2) is 22.8 Å². The smallest absolute Gasteiger partial charge is 0.117 e. The van der Waals surface area contributed by atoms with Crippen LogP contribution >= 0.6 is 0 Å². The highest BCUT2D eigenvalue weighted by atomic mass is 16.3. The van der Waals surface area contributed by atoms with Crippen molar-refractivity contribution in [3.8, 4) is 0 Å². The molecule has 0 amide bonds. The van der Waals surface area contributed by atoms with Gasteiger partial charge in [0.15, 0.2) is 0 Å². The van der Waals surface area contributed by atoms with Gasteiger partial charge >= 0.3 is 0 Å². The first kappa shape index (κ1) is 12.3. The van der Waals surface area contributed by atoms with E-state index in [0.29, 0.717) is 0 Å². The molecule has 0 radical (unpaired) electrons. The summed E-state index contributed by atoms with van der Waals surface area (Å²) in [5.74, 6) is 0.957. The summed E-state index contributed by atoms with van der Waals surface area (Å²) < 4.78 is 5.27. The normalized spacial score (nSPS) is 14.5. The summed E-state index contributed by atoms with van der Waals surface area (Å²) >= 11 is 0. The molecule has 1 heterocycles. The van der Waals surface area contributed by atoms with E-state index in [2.05, 4.69) is 18.7 Å². The van der Waals surface area contributed by atoms with Crippen molar-refractivity contribution < 1.29 is 9.52 Å². The van der Waals surface area contributed by atoms with E-state index < -0.39 is 0 Å². The van der Waals surface area contributed by atoms with E-state index in [9.17, 15) is 5.11 Å². The molecule has 0 bridgehead atoms. The second-order valence-corrected chi connectivity index (χ2v) is 4.92. The average Bonchev–Trinajstić information content (AvgIpc) is 2.54. The predicted molar refractivity (Wildman–Crippen MR) is 60.5 cm³/mol. The Morgan fingerprint density at radius 2 is 2.20 bits per heavy atom. The summed E-state index contributed by atoms with van der Waals surface area (Å²) in [6.07, 6.45) is 1.37. The Bertz CT molecular complexity index is 278. The molecule has 1 aromatic heterocycles. The molecule has 0 aliphatic rings. The summed E-state index contributed by atoms with van der Waals surface area (Å²) in [6.45, 7) is 7.59. The summed E-state index contributed by atoms with van der Waals surface area (Å²) in [6, 6.07) is 3.86. The van der Waals surface area contributed by atoms with E-state index in [0.717, 1.165) is 18.8 Å². The monoisotopic (exact) mass is 211 g/mol. The Kier molecular flexibility index (Phi) is 3.94. The minimum atomic E-state index is -0.309. The number of nitrogens with zero attached hydrogens (tertiary/aromatic N) is 1. The Hall–Kier alpha value is -0.800. The molecule has 0 saturated heterocycles. The number of furan rings is 1. The zero-order valence-corrected chi connectivity index (χ0v) is 10.0. The van der Waals surface area contributed by atoms with E-state index in [-0.39, 0.29) is 11.5 Å². The highest BCUT2D eigenvalue weighted by Crippen LogP contribution is 2.22. The molecule has 0 saturated carbocycles. The lowest BCUT2D eigenvalue weighted by molar-refractivity contribution is 0.0378. The molecule has 0 aliphatic heterocycles. The van der Waals surface area contributed by atoms with Crippen molar-refractivity contribution in [2.45, 2.75) is 33.4 Å². The molecule has 0 fully saturated rings. The second kappa shape index (κ2) is 4.81. The Labute approximate surface area is 91.7 Å². The van der Waals surface area contributed by atoms with Gasteiger partial charge in [-0.05, 0) is 26.1 Å². The first-order valence-corrected chi connectivity index (χ1v) is 5.31. The lowest BCUT2D eigenvalue weighted by Gasteiger charge is -2.32. The van der Waals surface area contributed by atoms with Gasteiger partial charge < -0.3 is 9.52 Å². The summed E-state index contributed by atoms with van der Waals surface area (Å²) in [5, 5.41) is 9.61. The maximum atomic E-state index is 9.61. The van der Waals surface area contributed by atoms with Gasteiger partial charge in [-0.3, -0.25) is 4.90 Å². The van der Waals surface area contributed by atoms with Gasteiger partial charge in [0.2, 0.25) is 0 Å². The van der Waals surface area contributed by atoms with Gasteiger partial charge in [0.05, 0.1) is 18.9 Å². The summed E-state index contributed by atoms with van der Waals surface area (Å²) in [4.78, 5) is 2.16. The molecular weight excluding hydrogens is 190 g/mol. The summed E-state index contributed by atoms with van der Waals surface area (Å²) in [5.41, 5.74) is -0.0959. The van der Waals surface area contributed by atoms with Crippen molar-refractivity contribution in [3.05, 3.63) is 24.2 Å².